The first-order valence-corrected chi connectivity index (χ1v) is 6.75. The van der Waals surface area contributed by atoms with Crippen molar-refractivity contribution in [2.24, 2.45) is 11.7 Å². The van der Waals surface area contributed by atoms with Crippen LogP contribution in [0.3, 0.4) is 0 Å². The molecule has 0 aliphatic heterocycles. The summed E-state index contributed by atoms with van der Waals surface area (Å²) in [6, 6.07) is 4.56. The first-order valence-electron chi connectivity index (χ1n) is 6.75. The van der Waals surface area contributed by atoms with Crippen LogP contribution < -0.4 is 11.1 Å². The van der Waals surface area contributed by atoms with E-state index in [1.165, 1.54) is 0 Å². The SMILES string of the molecule is CCC(C)CNC(=O)[C@@H](N)Cc1ccc(O)cc1C. The molecule has 1 aromatic rings. The third-order valence-corrected chi connectivity index (χ3v) is 3.42. The first-order chi connectivity index (χ1) is 8.93. The number of aromatic hydroxyl groups is 1. The van der Waals surface area contributed by atoms with E-state index in [2.05, 4.69) is 19.2 Å². The molecule has 1 amide bonds. The molecule has 0 fully saturated rings. The minimum Gasteiger partial charge on any atom is -0.508 e. The lowest BCUT2D eigenvalue weighted by Gasteiger charge is -2.16. The molecule has 4 heteroatoms. The number of hydrogen-bond acceptors (Lipinski definition) is 3. The lowest BCUT2D eigenvalue weighted by molar-refractivity contribution is -0.122. The average molecular weight is 264 g/mol. The van der Waals surface area contributed by atoms with Gasteiger partial charge in [0.1, 0.15) is 5.75 Å². The van der Waals surface area contributed by atoms with Crippen molar-refractivity contribution in [3.63, 3.8) is 0 Å². The molecular formula is C15H24N2O2. The number of carbonyl (C=O) groups is 1. The number of carbonyl (C=O) groups excluding carboxylic acids is 1. The highest BCUT2D eigenvalue weighted by Gasteiger charge is 2.15. The number of benzene rings is 1. The standard InChI is InChI=1S/C15H24N2O2/c1-4-10(2)9-17-15(19)14(16)8-12-5-6-13(18)7-11(12)3/h5-7,10,14,18H,4,8-9,16H2,1-3H3,(H,17,19)/t10?,14-/m0/s1. The fourth-order valence-corrected chi connectivity index (χ4v) is 1.79. The van der Waals surface area contributed by atoms with Crippen molar-refractivity contribution in [1.82, 2.24) is 5.32 Å². The molecule has 0 heterocycles. The Kier molecular flexibility index (Phi) is 5.83. The van der Waals surface area contributed by atoms with Crippen molar-refractivity contribution in [1.29, 1.82) is 0 Å². The fourth-order valence-electron chi connectivity index (χ4n) is 1.79. The van der Waals surface area contributed by atoms with E-state index in [1.54, 1.807) is 12.1 Å². The van der Waals surface area contributed by atoms with Gasteiger partial charge in [-0.05, 0) is 42.5 Å². The topological polar surface area (TPSA) is 75.4 Å². The van der Waals surface area contributed by atoms with Crippen molar-refractivity contribution in [3.05, 3.63) is 29.3 Å². The lowest BCUT2D eigenvalue weighted by atomic mass is 10.0. The van der Waals surface area contributed by atoms with Crippen molar-refractivity contribution in [2.75, 3.05) is 6.54 Å². The molecule has 0 aliphatic carbocycles. The average Bonchev–Trinajstić information content (AvgIpc) is 2.38. The number of amides is 1. The predicted molar refractivity (Wildman–Crippen MR) is 77.0 cm³/mol. The third-order valence-electron chi connectivity index (χ3n) is 3.42. The molecule has 1 rings (SSSR count). The molecule has 2 atom stereocenters. The summed E-state index contributed by atoms with van der Waals surface area (Å²) < 4.78 is 0. The van der Waals surface area contributed by atoms with Crippen molar-refractivity contribution in [2.45, 2.75) is 39.7 Å². The normalized spacial score (nSPS) is 13.9. The smallest absolute Gasteiger partial charge is 0.237 e. The molecule has 0 bridgehead atoms. The van der Waals surface area contributed by atoms with E-state index < -0.39 is 6.04 Å². The van der Waals surface area contributed by atoms with E-state index in [-0.39, 0.29) is 11.7 Å². The molecule has 1 unspecified atom stereocenters. The van der Waals surface area contributed by atoms with Gasteiger partial charge >= 0.3 is 0 Å². The van der Waals surface area contributed by atoms with Gasteiger partial charge in [0.15, 0.2) is 0 Å². The zero-order chi connectivity index (χ0) is 14.4. The molecule has 1 aromatic carbocycles. The maximum Gasteiger partial charge on any atom is 0.237 e. The summed E-state index contributed by atoms with van der Waals surface area (Å²) >= 11 is 0. The van der Waals surface area contributed by atoms with Crippen LogP contribution in [-0.2, 0) is 11.2 Å². The molecule has 106 valence electrons. The monoisotopic (exact) mass is 264 g/mol. The van der Waals surface area contributed by atoms with E-state index >= 15 is 0 Å². The van der Waals surface area contributed by atoms with Gasteiger partial charge in [0.2, 0.25) is 5.91 Å². The molecule has 0 aliphatic rings. The summed E-state index contributed by atoms with van der Waals surface area (Å²) in [7, 11) is 0. The van der Waals surface area contributed by atoms with E-state index in [0.717, 1.165) is 17.5 Å². The second-order valence-corrected chi connectivity index (χ2v) is 5.18. The first kappa shape index (κ1) is 15.5. The Morgan fingerprint density at radius 1 is 1.47 bits per heavy atom. The quantitative estimate of drug-likeness (QED) is 0.732. The molecule has 0 saturated carbocycles. The van der Waals surface area contributed by atoms with Crippen LogP contribution in [0.2, 0.25) is 0 Å². The van der Waals surface area contributed by atoms with Crippen molar-refractivity contribution in [3.8, 4) is 5.75 Å². The Balaban J connectivity index is 2.54. The van der Waals surface area contributed by atoms with Crippen LogP contribution in [0, 0.1) is 12.8 Å². The van der Waals surface area contributed by atoms with Gasteiger partial charge in [0, 0.05) is 6.54 Å². The Hall–Kier alpha value is -1.55. The molecule has 0 aromatic heterocycles. The van der Waals surface area contributed by atoms with Gasteiger partial charge in [-0.1, -0.05) is 26.3 Å². The van der Waals surface area contributed by atoms with Gasteiger partial charge in [-0.2, -0.15) is 0 Å². The van der Waals surface area contributed by atoms with Crippen molar-refractivity contribution < 1.29 is 9.90 Å². The number of nitrogens with two attached hydrogens (primary N) is 1. The highest BCUT2D eigenvalue weighted by atomic mass is 16.3. The Morgan fingerprint density at radius 2 is 2.16 bits per heavy atom. The van der Waals surface area contributed by atoms with Crippen LogP contribution in [0.4, 0.5) is 0 Å². The van der Waals surface area contributed by atoms with Crippen LogP contribution in [0.25, 0.3) is 0 Å². The van der Waals surface area contributed by atoms with Crippen LogP contribution in [0.5, 0.6) is 5.75 Å². The number of nitrogens with one attached hydrogen (secondary N) is 1. The number of aryl methyl sites for hydroxylation is 1. The highest BCUT2D eigenvalue weighted by Crippen LogP contribution is 2.16. The Morgan fingerprint density at radius 3 is 2.74 bits per heavy atom. The summed E-state index contributed by atoms with van der Waals surface area (Å²) in [5, 5.41) is 12.2. The summed E-state index contributed by atoms with van der Waals surface area (Å²) in [5.41, 5.74) is 7.85. The van der Waals surface area contributed by atoms with E-state index in [1.807, 2.05) is 13.0 Å². The third kappa shape index (κ3) is 4.91. The lowest BCUT2D eigenvalue weighted by Crippen LogP contribution is -2.43. The summed E-state index contributed by atoms with van der Waals surface area (Å²) in [6.45, 7) is 6.75. The zero-order valence-corrected chi connectivity index (χ0v) is 11.9. The Bertz CT molecular complexity index is 432. The molecule has 0 radical (unpaired) electrons. The summed E-state index contributed by atoms with van der Waals surface area (Å²) in [6.07, 6.45) is 1.52. The fraction of sp³-hybridized carbons (Fsp3) is 0.533. The molecule has 4 N–H and O–H groups in total. The van der Waals surface area contributed by atoms with Gasteiger partial charge < -0.3 is 16.2 Å². The molecule has 19 heavy (non-hydrogen) atoms. The molecule has 4 nitrogen and oxygen atoms in total. The van der Waals surface area contributed by atoms with Gasteiger partial charge in [-0.15, -0.1) is 0 Å². The second kappa shape index (κ2) is 7.14. The molecule has 0 saturated heterocycles. The van der Waals surface area contributed by atoms with Crippen LogP contribution in [0.15, 0.2) is 18.2 Å². The maximum atomic E-state index is 11.9. The van der Waals surface area contributed by atoms with Gasteiger partial charge in [0.05, 0.1) is 6.04 Å². The number of phenolic OH excluding ortho intramolecular Hbond substituents is 1. The molecule has 0 spiro atoms. The van der Waals surface area contributed by atoms with Crippen LogP contribution in [0.1, 0.15) is 31.4 Å². The van der Waals surface area contributed by atoms with E-state index in [9.17, 15) is 9.90 Å². The summed E-state index contributed by atoms with van der Waals surface area (Å²) in [4.78, 5) is 11.9. The van der Waals surface area contributed by atoms with Gasteiger partial charge in [0.25, 0.3) is 0 Å². The highest BCUT2D eigenvalue weighted by molar-refractivity contribution is 5.81. The molecular weight excluding hydrogens is 240 g/mol. The number of hydrogen-bond donors (Lipinski definition) is 3. The van der Waals surface area contributed by atoms with Gasteiger partial charge in [-0.3, -0.25) is 4.79 Å². The van der Waals surface area contributed by atoms with Crippen LogP contribution >= 0.6 is 0 Å². The summed E-state index contributed by atoms with van der Waals surface area (Å²) in [5.74, 6) is 0.579. The largest absolute Gasteiger partial charge is 0.508 e. The number of phenols is 1. The maximum absolute atomic E-state index is 11.9. The predicted octanol–water partition coefficient (Wildman–Crippen LogP) is 1.73. The van der Waals surface area contributed by atoms with E-state index in [4.69, 9.17) is 5.73 Å². The minimum absolute atomic E-state index is 0.118. The van der Waals surface area contributed by atoms with Crippen LogP contribution in [-0.4, -0.2) is 23.6 Å². The zero-order valence-electron chi connectivity index (χ0n) is 11.9. The van der Waals surface area contributed by atoms with E-state index in [0.29, 0.717) is 18.9 Å². The van der Waals surface area contributed by atoms with Crippen molar-refractivity contribution >= 4 is 5.91 Å². The Labute approximate surface area is 115 Å². The van der Waals surface area contributed by atoms with Gasteiger partial charge in [-0.25, -0.2) is 0 Å². The minimum atomic E-state index is -0.549. The second-order valence-electron chi connectivity index (χ2n) is 5.18. The number of rotatable bonds is 6.